The molecule has 0 aliphatic heterocycles. The first-order chi connectivity index (χ1) is 9.77. The number of alkyl halides is 2. The minimum Gasteiger partial charge on any atom is -0.324 e. The largest absolute Gasteiger partial charge is 0.325 e. The molecule has 2 N–H and O–H groups in total. The first kappa shape index (κ1) is 21.0. The maximum Gasteiger partial charge on any atom is 0.325 e. The number of unbranched alkanes of at least 4 members (excludes halogenated alkanes) is 9. The first-order valence-electron chi connectivity index (χ1n) is 8.19. The van der Waals surface area contributed by atoms with Crippen molar-refractivity contribution in [3.63, 3.8) is 0 Å². The normalized spacial score (nSPS) is 12.8. The molecule has 0 unspecified atom stereocenters. The third-order valence-corrected chi connectivity index (χ3v) is 4.66. The summed E-state index contributed by atoms with van der Waals surface area (Å²) < 4.78 is 36.5. The van der Waals surface area contributed by atoms with E-state index >= 15 is 0 Å². The third-order valence-electron chi connectivity index (χ3n) is 3.76. The summed E-state index contributed by atoms with van der Waals surface area (Å²) in [6, 6.07) is 0. The summed E-state index contributed by atoms with van der Waals surface area (Å²) in [5.74, 6) is -2.48. The Labute approximate surface area is 127 Å². The highest BCUT2D eigenvalue weighted by Crippen LogP contribution is 2.35. The fraction of sp³-hybridized carbons (Fsp3) is 1.00. The monoisotopic (exact) mass is 328 g/mol. The van der Waals surface area contributed by atoms with Crippen molar-refractivity contribution >= 4 is 7.60 Å². The number of hydrogen-bond acceptors (Lipinski definition) is 1. The van der Waals surface area contributed by atoms with Crippen LogP contribution < -0.4 is 0 Å². The van der Waals surface area contributed by atoms with Gasteiger partial charge in [0.1, 0.15) is 0 Å². The maximum absolute atomic E-state index is 13.0. The fourth-order valence-corrected chi connectivity index (χ4v) is 2.93. The van der Waals surface area contributed by atoms with Crippen LogP contribution >= 0.6 is 7.60 Å². The molecule has 0 fully saturated rings. The Morgan fingerprint density at radius 2 is 1.19 bits per heavy atom. The number of hydrogen-bond donors (Lipinski definition) is 2. The lowest BCUT2D eigenvalue weighted by molar-refractivity contribution is -0.0137. The molecule has 0 saturated heterocycles. The van der Waals surface area contributed by atoms with Gasteiger partial charge in [0, 0.05) is 19.0 Å². The molecule has 0 aromatic carbocycles. The van der Waals surface area contributed by atoms with Crippen LogP contribution in [0.1, 0.15) is 84.0 Å². The molecule has 0 saturated carbocycles. The smallest absolute Gasteiger partial charge is 0.324 e. The van der Waals surface area contributed by atoms with Gasteiger partial charge in [-0.3, -0.25) is 4.57 Å². The van der Waals surface area contributed by atoms with E-state index in [-0.39, 0.29) is 19.0 Å². The van der Waals surface area contributed by atoms with E-state index in [1.807, 2.05) is 0 Å². The van der Waals surface area contributed by atoms with Gasteiger partial charge in [0.2, 0.25) is 5.92 Å². The molecule has 0 amide bonds. The lowest BCUT2D eigenvalue weighted by Gasteiger charge is -2.13. The lowest BCUT2D eigenvalue weighted by atomic mass is 10.0. The zero-order valence-electron chi connectivity index (χ0n) is 13.2. The van der Waals surface area contributed by atoms with E-state index in [4.69, 9.17) is 9.79 Å². The predicted molar refractivity (Wildman–Crippen MR) is 82.9 cm³/mol. The zero-order valence-corrected chi connectivity index (χ0v) is 14.1. The molecule has 21 heavy (non-hydrogen) atoms. The number of halogens is 2. The second kappa shape index (κ2) is 11.6. The summed E-state index contributed by atoms with van der Waals surface area (Å²) in [5, 5.41) is 0. The average Bonchev–Trinajstić information content (AvgIpc) is 2.38. The minimum atomic E-state index is -3.81. The van der Waals surface area contributed by atoms with Gasteiger partial charge in [-0.25, -0.2) is 8.78 Å². The highest BCUT2D eigenvalue weighted by atomic mass is 31.2. The third kappa shape index (κ3) is 16.2. The Hall–Kier alpha value is 0.01000. The summed E-state index contributed by atoms with van der Waals surface area (Å²) in [5.41, 5.74) is 0. The SMILES string of the molecule is CCC(F)(F)CCCCCCCCCCCCP(=O)(O)O. The van der Waals surface area contributed by atoms with Crippen LogP contribution in [0.15, 0.2) is 0 Å². The van der Waals surface area contributed by atoms with Gasteiger partial charge in [0.15, 0.2) is 0 Å². The molecule has 128 valence electrons. The Balaban J connectivity index is 3.18. The molecule has 0 heterocycles. The Bertz CT molecular complexity index is 293. The van der Waals surface area contributed by atoms with Gasteiger partial charge in [-0.15, -0.1) is 0 Å². The molecule has 0 rings (SSSR count). The minimum absolute atomic E-state index is 0.00457. The van der Waals surface area contributed by atoms with Crippen molar-refractivity contribution in [3.8, 4) is 0 Å². The van der Waals surface area contributed by atoms with Crippen molar-refractivity contribution in [1.82, 2.24) is 0 Å². The van der Waals surface area contributed by atoms with Gasteiger partial charge >= 0.3 is 7.60 Å². The van der Waals surface area contributed by atoms with Crippen LogP contribution in [0.25, 0.3) is 0 Å². The molecule has 3 nitrogen and oxygen atoms in total. The van der Waals surface area contributed by atoms with Crippen LogP contribution in [0.3, 0.4) is 0 Å². The van der Waals surface area contributed by atoms with Crippen molar-refractivity contribution in [2.75, 3.05) is 6.16 Å². The van der Waals surface area contributed by atoms with Gasteiger partial charge in [-0.2, -0.15) is 0 Å². The lowest BCUT2D eigenvalue weighted by Crippen LogP contribution is -2.13. The first-order valence-corrected chi connectivity index (χ1v) is 9.99. The van der Waals surface area contributed by atoms with Crippen molar-refractivity contribution in [1.29, 1.82) is 0 Å². The van der Waals surface area contributed by atoms with Gasteiger partial charge < -0.3 is 9.79 Å². The summed E-state index contributed by atoms with van der Waals surface area (Å²) in [6.07, 6.45) is 9.40. The summed E-state index contributed by atoms with van der Waals surface area (Å²) >= 11 is 0. The summed E-state index contributed by atoms with van der Waals surface area (Å²) in [7, 11) is -3.81. The molecule has 0 spiro atoms. The van der Waals surface area contributed by atoms with Crippen molar-refractivity contribution < 1.29 is 23.1 Å². The Morgan fingerprint density at radius 3 is 1.57 bits per heavy atom. The molecule has 0 aliphatic rings. The van der Waals surface area contributed by atoms with Crippen LogP contribution in [0.5, 0.6) is 0 Å². The van der Waals surface area contributed by atoms with E-state index < -0.39 is 13.5 Å². The number of rotatable bonds is 14. The molecule has 6 heteroatoms. The quantitative estimate of drug-likeness (QED) is 0.327. The van der Waals surface area contributed by atoms with Crippen LogP contribution in [0.4, 0.5) is 8.78 Å². The molecule has 0 bridgehead atoms. The Morgan fingerprint density at radius 1 is 0.810 bits per heavy atom. The van der Waals surface area contributed by atoms with E-state index in [2.05, 4.69) is 0 Å². The summed E-state index contributed by atoms with van der Waals surface area (Å²) in [6.45, 7) is 1.53. The zero-order chi connectivity index (χ0) is 16.2. The molecule has 0 aromatic rings. The fourth-order valence-electron chi connectivity index (χ4n) is 2.29. The molecular weight excluding hydrogens is 297 g/mol. The maximum atomic E-state index is 13.0. The van der Waals surface area contributed by atoms with E-state index in [9.17, 15) is 13.3 Å². The Kier molecular flexibility index (Phi) is 11.6. The molecule has 0 radical (unpaired) electrons. The van der Waals surface area contributed by atoms with E-state index in [1.54, 1.807) is 0 Å². The second-order valence-electron chi connectivity index (χ2n) is 5.88. The van der Waals surface area contributed by atoms with Crippen LogP contribution in [0.2, 0.25) is 0 Å². The van der Waals surface area contributed by atoms with Crippen LogP contribution in [-0.4, -0.2) is 21.9 Å². The van der Waals surface area contributed by atoms with Crippen molar-refractivity contribution in [2.45, 2.75) is 89.9 Å². The van der Waals surface area contributed by atoms with Gasteiger partial charge in [0.25, 0.3) is 0 Å². The molecule has 0 aliphatic carbocycles. The average molecular weight is 328 g/mol. The second-order valence-corrected chi connectivity index (χ2v) is 7.66. The topological polar surface area (TPSA) is 57.5 Å². The van der Waals surface area contributed by atoms with Gasteiger partial charge in [0.05, 0.1) is 0 Å². The van der Waals surface area contributed by atoms with Crippen LogP contribution in [0, 0.1) is 0 Å². The molecular formula is C15H31F2O3P. The van der Waals surface area contributed by atoms with Crippen LogP contribution in [-0.2, 0) is 4.57 Å². The van der Waals surface area contributed by atoms with E-state index in [1.165, 1.54) is 6.92 Å². The van der Waals surface area contributed by atoms with Gasteiger partial charge in [-0.1, -0.05) is 58.3 Å². The standard InChI is InChI=1S/C15H31F2O3P/c1-2-15(16,17)13-11-9-7-5-3-4-6-8-10-12-14-21(18,19)20/h2-14H2,1H3,(H2,18,19,20). The highest BCUT2D eigenvalue weighted by Gasteiger charge is 2.24. The van der Waals surface area contributed by atoms with E-state index in [0.717, 1.165) is 51.4 Å². The van der Waals surface area contributed by atoms with Gasteiger partial charge in [-0.05, 0) is 12.8 Å². The summed E-state index contributed by atoms with van der Waals surface area (Å²) in [4.78, 5) is 17.4. The molecule has 0 atom stereocenters. The van der Waals surface area contributed by atoms with E-state index in [0.29, 0.717) is 12.8 Å². The highest BCUT2D eigenvalue weighted by molar-refractivity contribution is 7.51. The van der Waals surface area contributed by atoms with Crippen molar-refractivity contribution in [2.24, 2.45) is 0 Å². The predicted octanol–water partition coefficient (Wildman–Crippen LogP) is 5.50. The van der Waals surface area contributed by atoms with Crippen molar-refractivity contribution in [3.05, 3.63) is 0 Å². The molecule has 0 aromatic heterocycles.